The van der Waals surface area contributed by atoms with Gasteiger partial charge in [0.1, 0.15) is 0 Å². The van der Waals surface area contributed by atoms with E-state index < -0.39 is 5.60 Å². The van der Waals surface area contributed by atoms with Gasteiger partial charge in [-0.25, -0.2) is 0 Å². The first kappa shape index (κ1) is 12.8. The lowest BCUT2D eigenvalue weighted by Crippen LogP contribution is -2.48. The Balaban J connectivity index is 1.57. The zero-order valence-electron chi connectivity index (χ0n) is 10.6. The molecule has 4 heteroatoms. The van der Waals surface area contributed by atoms with Gasteiger partial charge in [0.25, 0.3) is 0 Å². The summed E-state index contributed by atoms with van der Waals surface area (Å²) in [6.45, 7) is 3.35. The van der Waals surface area contributed by atoms with Gasteiger partial charge in [-0.3, -0.25) is 4.79 Å². The number of hydrogen-bond donors (Lipinski definition) is 2. The van der Waals surface area contributed by atoms with Crippen LogP contribution >= 0.6 is 0 Å². The lowest BCUT2D eigenvalue weighted by molar-refractivity contribution is -0.139. The summed E-state index contributed by atoms with van der Waals surface area (Å²) in [6, 6.07) is 0. The van der Waals surface area contributed by atoms with Crippen molar-refractivity contribution in [1.82, 2.24) is 5.32 Å². The van der Waals surface area contributed by atoms with Crippen molar-refractivity contribution in [2.45, 2.75) is 57.2 Å². The molecule has 0 bridgehead atoms. The van der Waals surface area contributed by atoms with Crippen LogP contribution in [0.4, 0.5) is 0 Å². The summed E-state index contributed by atoms with van der Waals surface area (Å²) < 4.78 is 5.60. The maximum atomic E-state index is 11.7. The number of ether oxygens (including phenoxy) is 1. The van der Waals surface area contributed by atoms with E-state index in [1.54, 1.807) is 6.92 Å². The first-order chi connectivity index (χ1) is 8.07. The number of carbonyl (C=O) groups excluding carboxylic acids is 1. The number of rotatable bonds is 4. The highest BCUT2D eigenvalue weighted by atomic mass is 16.5. The topological polar surface area (TPSA) is 58.6 Å². The van der Waals surface area contributed by atoms with E-state index in [0.717, 1.165) is 19.4 Å². The number of carbonyl (C=O) groups is 1. The lowest BCUT2D eigenvalue weighted by atomic mass is 9.72. The fourth-order valence-electron chi connectivity index (χ4n) is 2.72. The second-order valence-electron chi connectivity index (χ2n) is 5.67. The standard InChI is InChI=1S/C13H23NO3/c1-13(16)8-10(9-13)12(15)14-6-5-11-4-2-3-7-17-11/h10-11,16H,2-9H2,1H3,(H,14,15)/t10?,11-,13?/m1/s1. The first-order valence-electron chi connectivity index (χ1n) is 6.68. The van der Waals surface area contributed by atoms with Gasteiger partial charge in [-0.2, -0.15) is 0 Å². The van der Waals surface area contributed by atoms with E-state index in [1.807, 2.05) is 0 Å². The van der Waals surface area contributed by atoms with Crippen molar-refractivity contribution in [2.24, 2.45) is 5.92 Å². The van der Waals surface area contributed by atoms with Crippen molar-refractivity contribution >= 4 is 5.91 Å². The van der Waals surface area contributed by atoms with Crippen LogP contribution < -0.4 is 5.32 Å². The zero-order chi connectivity index (χ0) is 12.3. The minimum absolute atomic E-state index is 0.0114. The van der Waals surface area contributed by atoms with E-state index >= 15 is 0 Å². The minimum atomic E-state index is -0.617. The average molecular weight is 241 g/mol. The van der Waals surface area contributed by atoms with Crippen molar-refractivity contribution in [3.63, 3.8) is 0 Å². The molecule has 1 amide bonds. The molecule has 2 aliphatic rings. The van der Waals surface area contributed by atoms with E-state index in [0.29, 0.717) is 25.5 Å². The predicted molar refractivity (Wildman–Crippen MR) is 64.6 cm³/mol. The monoisotopic (exact) mass is 241 g/mol. The van der Waals surface area contributed by atoms with Gasteiger partial charge in [-0.15, -0.1) is 0 Å². The molecule has 0 unspecified atom stereocenters. The fraction of sp³-hybridized carbons (Fsp3) is 0.923. The Kier molecular flexibility index (Phi) is 4.05. The second kappa shape index (κ2) is 5.36. The highest BCUT2D eigenvalue weighted by Gasteiger charge is 2.42. The molecule has 1 saturated carbocycles. The third kappa shape index (κ3) is 3.68. The number of nitrogens with one attached hydrogen (secondary N) is 1. The average Bonchev–Trinajstić information content (AvgIpc) is 2.27. The maximum Gasteiger partial charge on any atom is 0.223 e. The summed E-state index contributed by atoms with van der Waals surface area (Å²) in [7, 11) is 0. The molecule has 2 N–H and O–H groups in total. The third-order valence-electron chi connectivity index (χ3n) is 3.78. The summed E-state index contributed by atoms with van der Waals surface area (Å²) in [4.78, 5) is 11.7. The van der Waals surface area contributed by atoms with E-state index in [-0.39, 0.29) is 11.8 Å². The summed E-state index contributed by atoms with van der Waals surface area (Å²) in [6.07, 6.45) is 5.96. The largest absolute Gasteiger partial charge is 0.390 e. The molecule has 0 aromatic rings. The SMILES string of the molecule is CC1(O)CC(C(=O)NCC[C@H]2CCCCO2)C1. The third-order valence-corrected chi connectivity index (χ3v) is 3.78. The smallest absolute Gasteiger partial charge is 0.223 e. The molecule has 2 fully saturated rings. The Morgan fingerprint density at radius 1 is 1.47 bits per heavy atom. The molecule has 98 valence electrons. The van der Waals surface area contributed by atoms with E-state index in [1.165, 1.54) is 12.8 Å². The molecule has 1 atom stereocenters. The molecule has 1 saturated heterocycles. The highest BCUT2D eigenvalue weighted by molar-refractivity contribution is 5.79. The molecule has 1 aliphatic heterocycles. The van der Waals surface area contributed by atoms with E-state index in [4.69, 9.17) is 4.74 Å². The van der Waals surface area contributed by atoms with Crippen LogP contribution in [0.5, 0.6) is 0 Å². The molecule has 0 spiro atoms. The van der Waals surface area contributed by atoms with Gasteiger partial charge in [-0.1, -0.05) is 0 Å². The van der Waals surface area contributed by atoms with Gasteiger partial charge in [0, 0.05) is 19.1 Å². The molecule has 0 aromatic heterocycles. The Hall–Kier alpha value is -0.610. The van der Waals surface area contributed by atoms with Crippen LogP contribution in [0, 0.1) is 5.92 Å². The number of aliphatic hydroxyl groups is 1. The summed E-state index contributed by atoms with van der Waals surface area (Å²) >= 11 is 0. The lowest BCUT2D eigenvalue weighted by Gasteiger charge is -2.39. The van der Waals surface area contributed by atoms with Crippen LogP contribution in [0.2, 0.25) is 0 Å². The van der Waals surface area contributed by atoms with Crippen LogP contribution in [-0.2, 0) is 9.53 Å². The van der Waals surface area contributed by atoms with Gasteiger partial charge in [-0.05, 0) is 45.4 Å². The van der Waals surface area contributed by atoms with Crippen molar-refractivity contribution < 1.29 is 14.6 Å². The van der Waals surface area contributed by atoms with Crippen LogP contribution in [0.3, 0.4) is 0 Å². The van der Waals surface area contributed by atoms with Crippen LogP contribution in [0.25, 0.3) is 0 Å². The zero-order valence-corrected chi connectivity index (χ0v) is 10.6. The second-order valence-corrected chi connectivity index (χ2v) is 5.67. The molecule has 1 aliphatic carbocycles. The van der Waals surface area contributed by atoms with Gasteiger partial charge in [0.15, 0.2) is 0 Å². The first-order valence-corrected chi connectivity index (χ1v) is 6.68. The molecule has 17 heavy (non-hydrogen) atoms. The summed E-state index contributed by atoms with van der Waals surface area (Å²) in [5.41, 5.74) is -0.617. The minimum Gasteiger partial charge on any atom is -0.390 e. The quantitative estimate of drug-likeness (QED) is 0.778. The van der Waals surface area contributed by atoms with Gasteiger partial charge in [0.2, 0.25) is 5.91 Å². The molecule has 0 radical (unpaired) electrons. The Morgan fingerprint density at radius 3 is 2.82 bits per heavy atom. The van der Waals surface area contributed by atoms with Gasteiger partial charge >= 0.3 is 0 Å². The van der Waals surface area contributed by atoms with Crippen LogP contribution in [0.1, 0.15) is 45.4 Å². The normalized spacial score (nSPS) is 37.3. The molecule has 1 heterocycles. The van der Waals surface area contributed by atoms with Crippen molar-refractivity contribution in [2.75, 3.05) is 13.2 Å². The Bertz CT molecular complexity index is 264. The van der Waals surface area contributed by atoms with E-state index in [9.17, 15) is 9.90 Å². The van der Waals surface area contributed by atoms with Crippen LogP contribution in [-0.4, -0.2) is 35.9 Å². The summed E-state index contributed by atoms with van der Waals surface area (Å²) in [5.74, 6) is 0.101. The number of hydrogen-bond acceptors (Lipinski definition) is 3. The maximum absolute atomic E-state index is 11.7. The Labute approximate surface area is 103 Å². The van der Waals surface area contributed by atoms with Crippen molar-refractivity contribution in [1.29, 1.82) is 0 Å². The molecule has 2 rings (SSSR count). The van der Waals surface area contributed by atoms with Gasteiger partial charge in [0.05, 0.1) is 11.7 Å². The van der Waals surface area contributed by atoms with Gasteiger partial charge < -0.3 is 15.2 Å². The number of amides is 1. The molecular formula is C13H23NO3. The summed E-state index contributed by atoms with van der Waals surface area (Å²) in [5, 5.41) is 12.5. The van der Waals surface area contributed by atoms with Crippen molar-refractivity contribution in [3.05, 3.63) is 0 Å². The predicted octanol–water partition coefficient (Wildman–Crippen LogP) is 1.22. The molecule has 4 nitrogen and oxygen atoms in total. The molecular weight excluding hydrogens is 218 g/mol. The highest BCUT2D eigenvalue weighted by Crippen LogP contribution is 2.37. The molecule has 0 aromatic carbocycles. The van der Waals surface area contributed by atoms with Crippen molar-refractivity contribution in [3.8, 4) is 0 Å². The fourth-order valence-corrected chi connectivity index (χ4v) is 2.72. The van der Waals surface area contributed by atoms with E-state index in [2.05, 4.69) is 5.32 Å². The van der Waals surface area contributed by atoms with Crippen LogP contribution in [0.15, 0.2) is 0 Å². The Morgan fingerprint density at radius 2 is 2.24 bits per heavy atom.